The number of Topliss-reactive ketones (excluding diaryl/α,β-unsaturated/α-hetero) is 1. The summed E-state index contributed by atoms with van der Waals surface area (Å²) in [5.74, 6) is -0.285. The van der Waals surface area contributed by atoms with Gasteiger partial charge in [-0.1, -0.05) is 12.5 Å². The van der Waals surface area contributed by atoms with E-state index < -0.39 is 5.79 Å². The third-order valence-electron chi connectivity index (χ3n) is 5.39. The summed E-state index contributed by atoms with van der Waals surface area (Å²) >= 11 is 0. The molecule has 0 aromatic heterocycles. The van der Waals surface area contributed by atoms with E-state index in [-0.39, 0.29) is 17.3 Å². The quantitative estimate of drug-likeness (QED) is 0.862. The van der Waals surface area contributed by atoms with Crippen molar-refractivity contribution in [3.05, 3.63) is 11.1 Å². The molecule has 0 amide bonds. The lowest BCUT2D eigenvalue weighted by molar-refractivity contribution is -0.146. The van der Waals surface area contributed by atoms with E-state index in [2.05, 4.69) is 6.92 Å². The van der Waals surface area contributed by atoms with Crippen LogP contribution in [0.2, 0.25) is 0 Å². The molecule has 0 unspecified atom stereocenters. The summed E-state index contributed by atoms with van der Waals surface area (Å²) in [4.78, 5) is 12.3. The Balaban J connectivity index is 1.81. The zero-order valence-electron chi connectivity index (χ0n) is 12.4. The predicted octanol–water partition coefficient (Wildman–Crippen LogP) is 2.35. The van der Waals surface area contributed by atoms with E-state index in [0.29, 0.717) is 32.5 Å². The number of ether oxygens (including phenoxy) is 2. The third-order valence-corrected chi connectivity index (χ3v) is 5.39. The zero-order valence-corrected chi connectivity index (χ0v) is 12.4. The Morgan fingerprint density at radius 3 is 2.65 bits per heavy atom. The summed E-state index contributed by atoms with van der Waals surface area (Å²) in [7, 11) is 0. The van der Waals surface area contributed by atoms with Crippen LogP contribution in [0.25, 0.3) is 0 Å². The molecule has 2 fully saturated rings. The monoisotopic (exact) mass is 280 g/mol. The van der Waals surface area contributed by atoms with Crippen molar-refractivity contribution in [3.63, 3.8) is 0 Å². The molecule has 1 N–H and O–H groups in total. The van der Waals surface area contributed by atoms with Gasteiger partial charge >= 0.3 is 0 Å². The van der Waals surface area contributed by atoms with Gasteiger partial charge in [0.05, 0.1) is 19.3 Å². The van der Waals surface area contributed by atoms with Crippen molar-refractivity contribution < 1.29 is 19.4 Å². The second-order valence-electron chi connectivity index (χ2n) is 6.68. The highest BCUT2D eigenvalue weighted by Crippen LogP contribution is 2.51. The van der Waals surface area contributed by atoms with E-state index in [1.54, 1.807) is 0 Å². The molecule has 1 saturated carbocycles. The van der Waals surface area contributed by atoms with E-state index in [0.717, 1.165) is 24.8 Å². The Bertz CT molecular complexity index is 447. The van der Waals surface area contributed by atoms with Crippen LogP contribution in [0.15, 0.2) is 11.1 Å². The van der Waals surface area contributed by atoms with Crippen LogP contribution in [0.1, 0.15) is 52.4 Å². The molecule has 2 atom stereocenters. The predicted molar refractivity (Wildman–Crippen MR) is 74.2 cm³/mol. The normalized spacial score (nSPS) is 36.5. The molecule has 3 rings (SSSR count). The maximum Gasteiger partial charge on any atom is 0.166 e. The van der Waals surface area contributed by atoms with Crippen molar-refractivity contribution in [3.8, 4) is 0 Å². The first-order chi connectivity index (χ1) is 9.45. The number of rotatable bonds is 3. The summed E-state index contributed by atoms with van der Waals surface area (Å²) in [5.41, 5.74) is 1.96. The van der Waals surface area contributed by atoms with Crippen LogP contribution >= 0.6 is 0 Å². The second kappa shape index (κ2) is 4.93. The Morgan fingerprint density at radius 2 is 1.95 bits per heavy atom. The van der Waals surface area contributed by atoms with Crippen molar-refractivity contribution in [1.82, 2.24) is 0 Å². The maximum absolute atomic E-state index is 12.3. The number of hydrogen-bond acceptors (Lipinski definition) is 4. The maximum atomic E-state index is 12.3. The second-order valence-corrected chi connectivity index (χ2v) is 6.68. The van der Waals surface area contributed by atoms with Gasteiger partial charge in [0.25, 0.3) is 0 Å². The van der Waals surface area contributed by atoms with Crippen LogP contribution in [-0.2, 0) is 14.3 Å². The van der Waals surface area contributed by atoms with E-state index in [1.165, 1.54) is 5.57 Å². The highest BCUT2D eigenvalue weighted by Gasteiger charge is 2.47. The summed E-state index contributed by atoms with van der Waals surface area (Å²) in [6.07, 6.45) is 4.11. The molecule has 0 radical (unpaired) electrons. The van der Waals surface area contributed by atoms with Gasteiger partial charge in [-0.25, -0.2) is 0 Å². The number of aliphatic hydroxyl groups excluding tert-OH is 1. The molecule has 112 valence electrons. The topological polar surface area (TPSA) is 55.8 Å². The largest absolute Gasteiger partial charge is 0.392 e. The summed E-state index contributed by atoms with van der Waals surface area (Å²) < 4.78 is 11.2. The first-order valence-corrected chi connectivity index (χ1v) is 7.66. The van der Waals surface area contributed by atoms with Crippen molar-refractivity contribution in [2.45, 2.75) is 64.3 Å². The molecule has 4 heteroatoms. The van der Waals surface area contributed by atoms with Gasteiger partial charge in [0.1, 0.15) is 0 Å². The van der Waals surface area contributed by atoms with Crippen molar-refractivity contribution >= 4 is 5.78 Å². The molecule has 3 aliphatic rings. The Labute approximate surface area is 120 Å². The van der Waals surface area contributed by atoms with E-state index >= 15 is 0 Å². The molecule has 20 heavy (non-hydrogen) atoms. The van der Waals surface area contributed by atoms with Gasteiger partial charge < -0.3 is 14.6 Å². The van der Waals surface area contributed by atoms with Crippen LogP contribution < -0.4 is 0 Å². The van der Waals surface area contributed by atoms with Gasteiger partial charge in [-0.15, -0.1) is 0 Å². The van der Waals surface area contributed by atoms with Gasteiger partial charge in [0.15, 0.2) is 11.6 Å². The van der Waals surface area contributed by atoms with E-state index in [1.807, 2.05) is 6.92 Å². The fourth-order valence-corrected chi connectivity index (χ4v) is 3.94. The number of ketones is 1. The number of carbonyl (C=O) groups excluding carboxylic acids is 1. The minimum atomic E-state index is -0.543. The molecule has 1 heterocycles. The first-order valence-electron chi connectivity index (χ1n) is 7.66. The third kappa shape index (κ3) is 2.24. The Morgan fingerprint density at radius 1 is 1.25 bits per heavy atom. The molecule has 4 nitrogen and oxygen atoms in total. The number of carbonyl (C=O) groups is 1. The van der Waals surface area contributed by atoms with Crippen molar-refractivity contribution in [2.75, 3.05) is 13.2 Å². The van der Waals surface area contributed by atoms with Gasteiger partial charge in [0.2, 0.25) is 0 Å². The van der Waals surface area contributed by atoms with E-state index in [4.69, 9.17) is 9.47 Å². The molecule has 0 bridgehead atoms. The van der Waals surface area contributed by atoms with Crippen LogP contribution in [0.3, 0.4) is 0 Å². The molecular formula is C16H24O4. The smallest absolute Gasteiger partial charge is 0.166 e. The van der Waals surface area contributed by atoms with E-state index in [9.17, 15) is 9.90 Å². The Hall–Kier alpha value is -0.710. The summed E-state index contributed by atoms with van der Waals surface area (Å²) in [6, 6.07) is 0. The van der Waals surface area contributed by atoms with Crippen LogP contribution in [-0.4, -0.2) is 36.0 Å². The van der Waals surface area contributed by atoms with Crippen molar-refractivity contribution in [2.24, 2.45) is 5.41 Å². The molecule has 2 aliphatic carbocycles. The number of allylic oxidation sites excluding steroid dienone is 1. The van der Waals surface area contributed by atoms with Crippen LogP contribution in [0, 0.1) is 5.41 Å². The number of fused-ring (bicyclic) bond motifs is 1. The molecule has 1 saturated heterocycles. The highest BCUT2D eigenvalue weighted by atomic mass is 16.7. The average Bonchev–Trinajstić information content (AvgIpc) is 2.96. The number of aliphatic hydroxyl groups is 1. The average molecular weight is 280 g/mol. The standard InChI is InChI=1S/C16H24O4/c1-15-7-6-13(17)11(12(15)3-4-14(15)18)5-8-16(2)19-9-10-20-16/h14,18H,3-10H2,1-2H3/t14-,15-/m0/s1. The summed E-state index contributed by atoms with van der Waals surface area (Å²) in [6.45, 7) is 5.32. The Kier molecular flexibility index (Phi) is 3.51. The first kappa shape index (κ1) is 14.2. The highest BCUT2D eigenvalue weighted by molar-refractivity contribution is 5.97. The lowest BCUT2D eigenvalue weighted by atomic mass is 9.70. The van der Waals surface area contributed by atoms with Crippen LogP contribution in [0.5, 0.6) is 0 Å². The fraction of sp³-hybridized carbons (Fsp3) is 0.812. The zero-order chi connectivity index (χ0) is 14.4. The van der Waals surface area contributed by atoms with Gasteiger partial charge in [-0.05, 0) is 38.2 Å². The minimum Gasteiger partial charge on any atom is -0.392 e. The molecule has 0 spiro atoms. The van der Waals surface area contributed by atoms with Crippen LogP contribution in [0.4, 0.5) is 0 Å². The minimum absolute atomic E-state index is 0.179. The lowest BCUT2D eigenvalue weighted by Gasteiger charge is -2.35. The molecule has 0 aromatic rings. The number of hydrogen-bond donors (Lipinski definition) is 1. The SMILES string of the molecule is CC1(CCC2=C3CC[C@H](O)[C@@]3(C)CCC2=O)OCCO1. The van der Waals surface area contributed by atoms with Gasteiger partial charge in [0, 0.05) is 18.3 Å². The molecule has 1 aliphatic heterocycles. The van der Waals surface area contributed by atoms with Gasteiger partial charge in [-0.3, -0.25) is 4.79 Å². The van der Waals surface area contributed by atoms with Gasteiger partial charge in [-0.2, -0.15) is 0 Å². The fourth-order valence-electron chi connectivity index (χ4n) is 3.94. The molecule has 0 aromatic carbocycles. The lowest BCUT2D eigenvalue weighted by Crippen LogP contribution is -2.34. The summed E-state index contributed by atoms with van der Waals surface area (Å²) in [5, 5.41) is 10.2. The molecular weight excluding hydrogens is 256 g/mol. The van der Waals surface area contributed by atoms with Crippen molar-refractivity contribution in [1.29, 1.82) is 0 Å².